The van der Waals surface area contributed by atoms with E-state index in [9.17, 15) is 9.59 Å². The fraction of sp³-hybridized carbons (Fsp3) is 0.636. The van der Waals surface area contributed by atoms with E-state index in [0.29, 0.717) is 26.2 Å². The molecule has 6 heteroatoms. The summed E-state index contributed by atoms with van der Waals surface area (Å²) in [5.74, 6) is -0.413. The van der Waals surface area contributed by atoms with E-state index < -0.39 is 5.91 Å². The van der Waals surface area contributed by atoms with Gasteiger partial charge in [-0.05, 0) is 18.4 Å². The van der Waals surface area contributed by atoms with Gasteiger partial charge < -0.3 is 21.1 Å². The molecule has 2 rings (SSSR count). The molecule has 1 heterocycles. The maximum Gasteiger partial charge on any atom is 0.220 e. The summed E-state index contributed by atoms with van der Waals surface area (Å²) in [4.78, 5) is 23.7. The van der Waals surface area contributed by atoms with E-state index in [1.807, 2.05) is 18.2 Å². The number of primary amides is 1. The van der Waals surface area contributed by atoms with Gasteiger partial charge in [-0.25, -0.2) is 0 Å². The number of hydrogen-bond donors (Lipinski definition) is 3. The first-order chi connectivity index (χ1) is 13.5. The van der Waals surface area contributed by atoms with Crippen LogP contribution in [0, 0.1) is 0 Å². The molecule has 28 heavy (non-hydrogen) atoms. The maximum absolute atomic E-state index is 12.3. The molecule has 0 aromatic heterocycles. The summed E-state index contributed by atoms with van der Waals surface area (Å²) < 4.78 is 5.45. The number of amides is 2. The Morgan fingerprint density at radius 3 is 2.46 bits per heavy atom. The zero-order valence-corrected chi connectivity index (χ0v) is 17.0. The van der Waals surface area contributed by atoms with Crippen molar-refractivity contribution in [1.82, 2.24) is 10.6 Å². The highest BCUT2D eigenvalue weighted by Gasteiger charge is 2.38. The van der Waals surface area contributed by atoms with Gasteiger partial charge in [-0.15, -0.1) is 0 Å². The van der Waals surface area contributed by atoms with E-state index in [1.54, 1.807) is 0 Å². The lowest BCUT2D eigenvalue weighted by Crippen LogP contribution is -2.64. The molecule has 1 atom stereocenters. The molecule has 1 saturated heterocycles. The van der Waals surface area contributed by atoms with Crippen molar-refractivity contribution in [2.45, 2.75) is 69.9 Å². The van der Waals surface area contributed by atoms with Gasteiger partial charge in [0.15, 0.2) is 0 Å². The SMILES string of the molecule is CCCCCCCC(=O)N[C@@H](CNC1(Cc2ccccc2)COC1)CC(N)=O. The number of unbranched alkanes of at least 4 members (excludes halogenated alkanes) is 4. The molecule has 0 aliphatic carbocycles. The summed E-state index contributed by atoms with van der Waals surface area (Å²) in [6, 6.07) is 9.96. The van der Waals surface area contributed by atoms with Crippen LogP contribution in [-0.4, -0.2) is 43.2 Å². The van der Waals surface area contributed by atoms with Gasteiger partial charge in [0.1, 0.15) is 0 Å². The van der Waals surface area contributed by atoms with Crippen molar-refractivity contribution >= 4 is 11.8 Å². The molecular weight excluding hydrogens is 354 g/mol. The summed E-state index contributed by atoms with van der Waals surface area (Å²) in [6.07, 6.45) is 6.99. The number of carbonyl (C=O) groups is 2. The number of hydrogen-bond acceptors (Lipinski definition) is 4. The van der Waals surface area contributed by atoms with E-state index in [2.05, 4.69) is 29.7 Å². The molecule has 6 nitrogen and oxygen atoms in total. The van der Waals surface area contributed by atoms with Crippen LogP contribution in [0.5, 0.6) is 0 Å². The van der Waals surface area contributed by atoms with Crippen LogP contribution in [-0.2, 0) is 20.7 Å². The van der Waals surface area contributed by atoms with Crippen molar-refractivity contribution in [2.24, 2.45) is 5.73 Å². The second-order valence-electron chi connectivity index (χ2n) is 7.92. The lowest BCUT2D eigenvalue weighted by atomic mass is 9.88. The molecule has 1 fully saturated rings. The standard InChI is InChI=1S/C22H35N3O3/c1-2-3-4-5-9-12-21(27)25-19(13-20(23)26)15-24-22(16-28-17-22)14-18-10-7-6-8-11-18/h6-8,10-11,19,24H,2-5,9,12-17H2,1H3,(H2,23,26)(H,25,27)/t19-/m1/s1. The molecular formula is C22H35N3O3. The monoisotopic (exact) mass is 389 g/mol. The quantitative estimate of drug-likeness (QED) is 0.426. The first-order valence-corrected chi connectivity index (χ1v) is 10.5. The minimum Gasteiger partial charge on any atom is -0.377 e. The van der Waals surface area contributed by atoms with Gasteiger partial charge in [-0.3, -0.25) is 9.59 Å². The Balaban J connectivity index is 1.81. The van der Waals surface area contributed by atoms with Gasteiger partial charge in [0.25, 0.3) is 0 Å². The van der Waals surface area contributed by atoms with Crippen molar-refractivity contribution in [3.05, 3.63) is 35.9 Å². The number of carbonyl (C=O) groups excluding carboxylic acids is 2. The zero-order valence-electron chi connectivity index (χ0n) is 17.0. The van der Waals surface area contributed by atoms with E-state index in [1.165, 1.54) is 18.4 Å². The summed E-state index contributed by atoms with van der Waals surface area (Å²) in [6.45, 7) is 3.92. The average Bonchev–Trinajstić information content (AvgIpc) is 2.64. The normalized spacial score (nSPS) is 16.2. The van der Waals surface area contributed by atoms with Gasteiger partial charge in [0.2, 0.25) is 11.8 Å². The molecule has 1 aromatic rings. The molecule has 2 amide bonds. The number of ether oxygens (including phenoxy) is 1. The van der Waals surface area contributed by atoms with Crippen molar-refractivity contribution in [3.63, 3.8) is 0 Å². The fourth-order valence-corrected chi connectivity index (χ4v) is 3.55. The Hall–Kier alpha value is -1.92. The maximum atomic E-state index is 12.3. The zero-order chi connectivity index (χ0) is 20.2. The third-order valence-electron chi connectivity index (χ3n) is 5.19. The molecule has 1 aromatic carbocycles. The van der Waals surface area contributed by atoms with Crippen LogP contribution in [0.25, 0.3) is 0 Å². The second-order valence-corrected chi connectivity index (χ2v) is 7.92. The minimum atomic E-state index is -0.406. The molecule has 156 valence electrons. The highest BCUT2D eigenvalue weighted by atomic mass is 16.5. The summed E-state index contributed by atoms with van der Waals surface area (Å²) in [5.41, 5.74) is 6.48. The third-order valence-corrected chi connectivity index (χ3v) is 5.19. The van der Waals surface area contributed by atoms with Gasteiger partial charge >= 0.3 is 0 Å². The number of rotatable bonds is 14. The van der Waals surface area contributed by atoms with E-state index >= 15 is 0 Å². The van der Waals surface area contributed by atoms with Crippen LogP contribution in [0.15, 0.2) is 30.3 Å². The first-order valence-electron chi connectivity index (χ1n) is 10.5. The van der Waals surface area contributed by atoms with Crippen LogP contribution in [0.2, 0.25) is 0 Å². The van der Waals surface area contributed by atoms with Crippen molar-refractivity contribution in [1.29, 1.82) is 0 Å². The summed E-state index contributed by atoms with van der Waals surface area (Å²) >= 11 is 0. The average molecular weight is 390 g/mol. The van der Waals surface area contributed by atoms with Gasteiger partial charge in [-0.2, -0.15) is 0 Å². The molecule has 1 aliphatic heterocycles. The Morgan fingerprint density at radius 2 is 1.86 bits per heavy atom. The van der Waals surface area contributed by atoms with Crippen molar-refractivity contribution in [2.75, 3.05) is 19.8 Å². The second kappa shape index (κ2) is 11.8. The Kier molecular flexibility index (Phi) is 9.44. The van der Waals surface area contributed by atoms with Crippen LogP contribution >= 0.6 is 0 Å². The minimum absolute atomic E-state index is 0.00785. The van der Waals surface area contributed by atoms with E-state index in [4.69, 9.17) is 10.5 Å². The number of nitrogens with one attached hydrogen (secondary N) is 2. The van der Waals surface area contributed by atoms with Crippen LogP contribution in [0.3, 0.4) is 0 Å². The number of benzene rings is 1. The van der Waals surface area contributed by atoms with E-state index in [0.717, 1.165) is 25.7 Å². The molecule has 0 saturated carbocycles. The lowest BCUT2D eigenvalue weighted by molar-refractivity contribution is -0.123. The molecule has 0 bridgehead atoms. The van der Waals surface area contributed by atoms with E-state index in [-0.39, 0.29) is 23.9 Å². The molecule has 0 spiro atoms. The molecule has 4 N–H and O–H groups in total. The lowest BCUT2D eigenvalue weighted by Gasteiger charge is -2.43. The largest absolute Gasteiger partial charge is 0.377 e. The highest BCUT2D eigenvalue weighted by molar-refractivity contribution is 5.78. The Labute approximate surface area is 168 Å². The van der Waals surface area contributed by atoms with Gasteiger partial charge in [0.05, 0.1) is 24.8 Å². The van der Waals surface area contributed by atoms with Crippen LogP contribution in [0.4, 0.5) is 0 Å². The number of nitrogens with two attached hydrogens (primary N) is 1. The Morgan fingerprint density at radius 1 is 1.14 bits per heavy atom. The molecule has 1 aliphatic rings. The molecule has 0 radical (unpaired) electrons. The van der Waals surface area contributed by atoms with Crippen LogP contribution < -0.4 is 16.4 Å². The van der Waals surface area contributed by atoms with Gasteiger partial charge in [-0.1, -0.05) is 62.9 Å². The fourth-order valence-electron chi connectivity index (χ4n) is 3.55. The third kappa shape index (κ3) is 7.98. The highest BCUT2D eigenvalue weighted by Crippen LogP contribution is 2.22. The topological polar surface area (TPSA) is 93.4 Å². The van der Waals surface area contributed by atoms with Crippen molar-refractivity contribution < 1.29 is 14.3 Å². The predicted molar refractivity (Wildman–Crippen MR) is 111 cm³/mol. The van der Waals surface area contributed by atoms with Crippen LogP contribution in [0.1, 0.15) is 57.4 Å². The smallest absolute Gasteiger partial charge is 0.220 e. The summed E-state index contributed by atoms with van der Waals surface area (Å²) in [7, 11) is 0. The van der Waals surface area contributed by atoms with Gasteiger partial charge in [0, 0.05) is 19.4 Å². The first kappa shape index (κ1) is 22.4. The molecule has 0 unspecified atom stereocenters. The predicted octanol–water partition coefficient (Wildman–Crippen LogP) is 2.31. The van der Waals surface area contributed by atoms with Crippen molar-refractivity contribution in [3.8, 4) is 0 Å². The Bertz CT molecular complexity index is 602. The summed E-state index contributed by atoms with van der Waals surface area (Å²) in [5, 5.41) is 6.51.